The molecule has 0 aromatic rings. The van der Waals surface area contributed by atoms with Crippen molar-refractivity contribution in [3.8, 4) is 0 Å². The van der Waals surface area contributed by atoms with Gasteiger partial charge in [-0.15, -0.1) is 0 Å². The Hall–Kier alpha value is -0.570. The van der Waals surface area contributed by atoms with Crippen LogP contribution >= 0.6 is 0 Å². The van der Waals surface area contributed by atoms with Crippen LogP contribution in [0.4, 0.5) is 0 Å². The van der Waals surface area contributed by atoms with Gasteiger partial charge in [-0.3, -0.25) is 4.79 Å². The SMILES string of the molecule is CC(C)N(C(=O)CO)C1CCCCC1. The van der Waals surface area contributed by atoms with E-state index in [-0.39, 0.29) is 18.6 Å². The van der Waals surface area contributed by atoms with E-state index in [1.807, 2.05) is 18.7 Å². The van der Waals surface area contributed by atoms with Gasteiger partial charge in [0.2, 0.25) is 5.91 Å². The van der Waals surface area contributed by atoms with Crippen LogP contribution in [-0.4, -0.2) is 34.6 Å². The number of hydrogen-bond acceptors (Lipinski definition) is 2. The summed E-state index contributed by atoms with van der Waals surface area (Å²) in [6, 6.07) is 0.571. The first-order valence-electron chi connectivity index (χ1n) is 5.59. The van der Waals surface area contributed by atoms with Crippen LogP contribution in [-0.2, 0) is 4.79 Å². The number of amides is 1. The van der Waals surface area contributed by atoms with E-state index in [1.54, 1.807) is 0 Å². The van der Waals surface area contributed by atoms with Gasteiger partial charge in [-0.25, -0.2) is 0 Å². The zero-order valence-electron chi connectivity index (χ0n) is 9.20. The monoisotopic (exact) mass is 199 g/mol. The van der Waals surface area contributed by atoms with E-state index in [2.05, 4.69) is 0 Å². The topological polar surface area (TPSA) is 40.5 Å². The van der Waals surface area contributed by atoms with Gasteiger partial charge in [0.05, 0.1) is 0 Å². The standard InChI is InChI=1S/C11H21NO2/c1-9(2)12(11(14)8-13)10-6-4-3-5-7-10/h9-10,13H,3-8H2,1-2H3. The summed E-state index contributed by atoms with van der Waals surface area (Å²) in [5.41, 5.74) is 0. The highest BCUT2D eigenvalue weighted by molar-refractivity contribution is 5.77. The Morgan fingerprint density at radius 3 is 2.36 bits per heavy atom. The number of hydrogen-bond donors (Lipinski definition) is 1. The molecule has 0 radical (unpaired) electrons. The van der Waals surface area contributed by atoms with Crippen LogP contribution in [0.15, 0.2) is 0 Å². The minimum Gasteiger partial charge on any atom is -0.387 e. The molecule has 82 valence electrons. The first kappa shape index (κ1) is 11.5. The van der Waals surface area contributed by atoms with E-state index in [0.717, 1.165) is 12.8 Å². The zero-order chi connectivity index (χ0) is 10.6. The Morgan fingerprint density at radius 1 is 1.36 bits per heavy atom. The van der Waals surface area contributed by atoms with Crippen molar-refractivity contribution in [2.45, 2.75) is 58.0 Å². The molecule has 0 aliphatic heterocycles. The fraction of sp³-hybridized carbons (Fsp3) is 0.909. The van der Waals surface area contributed by atoms with Crippen molar-refractivity contribution < 1.29 is 9.90 Å². The van der Waals surface area contributed by atoms with Crippen LogP contribution in [0, 0.1) is 0 Å². The second kappa shape index (κ2) is 5.35. The van der Waals surface area contributed by atoms with Crippen LogP contribution in [0.25, 0.3) is 0 Å². The molecule has 3 heteroatoms. The molecule has 0 bridgehead atoms. The predicted molar refractivity (Wildman–Crippen MR) is 55.9 cm³/mol. The van der Waals surface area contributed by atoms with Crippen molar-refractivity contribution >= 4 is 5.91 Å². The molecule has 0 atom stereocenters. The fourth-order valence-corrected chi connectivity index (χ4v) is 2.35. The maximum Gasteiger partial charge on any atom is 0.248 e. The lowest BCUT2D eigenvalue weighted by Gasteiger charge is -2.37. The Kier molecular flexibility index (Phi) is 4.39. The van der Waals surface area contributed by atoms with Crippen LogP contribution < -0.4 is 0 Å². The van der Waals surface area contributed by atoms with Crippen molar-refractivity contribution in [1.82, 2.24) is 4.90 Å². The van der Waals surface area contributed by atoms with E-state index in [4.69, 9.17) is 5.11 Å². The molecule has 1 N–H and O–H groups in total. The number of carbonyl (C=O) groups is 1. The molecule has 0 aromatic heterocycles. The highest BCUT2D eigenvalue weighted by Gasteiger charge is 2.26. The number of nitrogens with zero attached hydrogens (tertiary/aromatic N) is 1. The molecule has 1 aliphatic rings. The van der Waals surface area contributed by atoms with Crippen molar-refractivity contribution in [2.24, 2.45) is 0 Å². The molecule has 1 fully saturated rings. The molecule has 0 heterocycles. The first-order valence-corrected chi connectivity index (χ1v) is 5.59. The van der Waals surface area contributed by atoms with E-state index in [1.165, 1.54) is 19.3 Å². The zero-order valence-corrected chi connectivity index (χ0v) is 9.20. The van der Waals surface area contributed by atoms with Gasteiger partial charge in [-0.1, -0.05) is 19.3 Å². The van der Waals surface area contributed by atoms with Gasteiger partial charge in [0, 0.05) is 12.1 Å². The lowest BCUT2D eigenvalue weighted by Crippen LogP contribution is -2.46. The number of aliphatic hydroxyl groups is 1. The Balaban J connectivity index is 2.60. The normalized spacial score (nSPS) is 18.6. The van der Waals surface area contributed by atoms with E-state index in [0.29, 0.717) is 6.04 Å². The maximum absolute atomic E-state index is 11.5. The largest absolute Gasteiger partial charge is 0.387 e. The molecule has 0 spiro atoms. The van der Waals surface area contributed by atoms with Crippen LogP contribution in [0.2, 0.25) is 0 Å². The lowest BCUT2D eigenvalue weighted by molar-refractivity contribution is -0.139. The van der Waals surface area contributed by atoms with Crippen molar-refractivity contribution in [3.05, 3.63) is 0 Å². The smallest absolute Gasteiger partial charge is 0.248 e. The molecule has 0 saturated heterocycles. The fourth-order valence-electron chi connectivity index (χ4n) is 2.35. The molecule has 3 nitrogen and oxygen atoms in total. The Labute approximate surface area is 86.1 Å². The molecule has 0 unspecified atom stereocenters. The minimum atomic E-state index is -0.353. The molecule has 1 rings (SSSR count). The van der Waals surface area contributed by atoms with E-state index >= 15 is 0 Å². The van der Waals surface area contributed by atoms with Crippen molar-refractivity contribution in [1.29, 1.82) is 0 Å². The molecule has 1 aliphatic carbocycles. The summed E-state index contributed by atoms with van der Waals surface area (Å²) in [6.07, 6.45) is 5.92. The first-order chi connectivity index (χ1) is 6.66. The molecule has 1 amide bonds. The minimum absolute atomic E-state index is 0.119. The molecular weight excluding hydrogens is 178 g/mol. The third kappa shape index (κ3) is 2.71. The summed E-state index contributed by atoms with van der Waals surface area (Å²) in [4.78, 5) is 13.4. The summed E-state index contributed by atoms with van der Waals surface area (Å²) >= 11 is 0. The third-order valence-electron chi connectivity index (χ3n) is 2.95. The average molecular weight is 199 g/mol. The average Bonchev–Trinajstić information content (AvgIpc) is 2.19. The van der Waals surface area contributed by atoms with Crippen LogP contribution in [0.5, 0.6) is 0 Å². The van der Waals surface area contributed by atoms with Crippen LogP contribution in [0.1, 0.15) is 46.0 Å². The second-order valence-corrected chi connectivity index (χ2v) is 4.34. The lowest BCUT2D eigenvalue weighted by atomic mass is 9.93. The van der Waals surface area contributed by atoms with Gasteiger partial charge in [-0.05, 0) is 26.7 Å². The highest BCUT2D eigenvalue weighted by atomic mass is 16.3. The number of aliphatic hydroxyl groups excluding tert-OH is 1. The van der Waals surface area contributed by atoms with Gasteiger partial charge in [0.25, 0.3) is 0 Å². The van der Waals surface area contributed by atoms with Gasteiger partial charge in [0.15, 0.2) is 0 Å². The van der Waals surface area contributed by atoms with Gasteiger partial charge in [0.1, 0.15) is 6.61 Å². The second-order valence-electron chi connectivity index (χ2n) is 4.34. The van der Waals surface area contributed by atoms with Gasteiger partial charge < -0.3 is 10.0 Å². The predicted octanol–water partition coefficient (Wildman–Crippen LogP) is 1.55. The molecular formula is C11H21NO2. The quantitative estimate of drug-likeness (QED) is 0.749. The summed E-state index contributed by atoms with van der Waals surface area (Å²) in [5.74, 6) is -0.119. The maximum atomic E-state index is 11.5. The number of rotatable bonds is 3. The molecule has 14 heavy (non-hydrogen) atoms. The van der Waals surface area contributed by atoms with E-state index < -0.39 is 0 Å². The molecule has 0 aromatic carbocycles. The number of carbonyl (C=O) groups excluding carboxylic acids is 1. The summed E-state index contributed by atoms with van der Waals surface area (Å²) in [6.45, 7) is 3.68. The molecule has 1 saturated carbocycles. The third-order valence-corrected chi connectivity index (χ3v) is 2.95. The van der Waals surface area contributed by atoms with Crippen LogP contribution in [0.3, 0.4) is 0 Å². The Morgan fingerprint density at radius 2 is 1.93 bits per heavy atom. The summed E-state index contributed by atoms with van der Waals surface area (Å²) < 4.78 is 0. The summed E-state index contributed by atoms with van der Waals surface area (Å²) in [5, 5.41) is 8.89. The summed E-state index contributed by atoms with van der Waals surface area (Å²) in [7, 11) is 0. The van der Waals surface area contributed by atoms with Gasteiger partial charge >= 0.3 is 0 Å². The van der Waals surface area contributed by atoms with Crippen molar-refractivity contribution in [2.75, 3.05) is 6.61 Å². The van der Waals surface area contributed by atoms with Gasteiger partial charge in [-0.2, -0.15) is 0 Å². The van der Waals surface area contributed by atoms with Crippen molar-refractivity contribution in [3.63, 3.8) is 0 Å². The highest BCUT2D eigenvalue weighted by Crippen LogP contribution is 2.24. The van der Waals surface area contributed by atoms with E-state index in [9.17, 15) is 4.79 Å². The Bertz CT molecular complexity index is 186.